The molecule has 5 aromatic rings. The molecule has 30 heteroatoms. The maximum absolute atomic E-state index is 13.4. The van der Waals surface area contributed by atoms with E-state index in [2.05, 4.69) is 25.4 Å². The van der Waals surface area contributed by atoms with E-state index < -0.39 is 95.4 Å². The number of aryl methyl sites for hydroxylation is 1. The van der Waals surface area contributed by atoms with E-state index in [0.717, 1.165) is 23.5 Å². The van der Waals surface area contributed by atoms with Gasteiger partial charge in [0.25, 0.3) is 10.1 Å². The molecule has 0 saturated carbocycles. The van der Waals surface area contributed by atoms with Crippen molar-refractivity contribution < 1.29 is 185 Å². The molecule has 0 spiro atoms. The molecule has 1 aromatic heterocycles. The van der Waals surface area contributed by atoms with Gasteiger partial charge in [0.1, 0.15) is 37.4 Å². The standard InChI is InChI=1S/C28H26N6O15S5.4Na/c1-13-10-19(32-33-23-22(52(39,40)41)11-15-14(24(23)35)4-5-16(29)26(15)53(42,43)44)21(49-8-3-9-51(36,37)38)12-18(13)31-34-28-30-17-6-7-20(48-2)27(25(17)50-28)54(45,46)47;;;;/h4-7,10-12,35H,3,8-9,29H2,1-2H3,(H,36,37,38)(H,39,40,41)(H,42,43,44)(H,45,46,47);;;;/q;4*+1/p-4. The molecule has 0 fully saturated rings. The Balaban J connectivity index is 0.00000420. The summed E-state index contributed by atoms with van der Waals surface area (Å²) in [6.07, 6.45) is -0.305. The Hall–Kier alpha value is -0.930. The van der Waals surface area contributed by atoms with Crippen LogP contribution in [0.15, 0.2) is 77.6 Å². The first kappa shape index (κ1) is 55.1. The number of nitrogens with two attached hydrogens (primary N) is 1. The van der Waals surface area contributed by atoms with Crippen LogP contribution in [-0.4, -0.2) is 76.3 Å². The van der Waals surface area contributed by atoms with E-state index in [1.807, 2.05) is 0 Å². The van der Waals surface area contributed by atoms with Gasteiger partial charge in [-0.25, -0.2) is 30.2 Å². The van der Waals surface area contributed by atoms with Crippen molar-refractivity contribution in [1.82, 2.24) is 4.98 Å². The third-order valence-electron chi connectivity index (χ3n) is 7.23. The smallest absolute Gasteiger partial charge is 0.871 e. The number of azo groups is 2. The summed E-state index contributed by atoms with van der Waals surface area (Å²) in [5.41, 5.74) is 4.11. The molecule has 0 bridgehead atoms. The number of methoxy groups -OCH3 is 1. The average molecular weight is 935 g/mol. The third kappa shape index (κ3) is 13.1. The fraction of sp³-hybridized carbons (Fsp3) is 0.179. The first-order valence-electron chi connectivity index (χ1n) is 14.5. The number of aromatic nitrogens is 1. The van der Waals surface area contributed by atoms with E-state index in [1.165, 1.54) is 38.3 Å². The van der Waals surface area contributed by atoms with Crippen LogP contribution in [0.5, 0.6) is 17.2 Å². The van der Waals surface area contributed by atoms with Gasteiger partial charge < -0.3 is 34.0 Å². The molecular weight excluding hydrogens is 913 g/mol. The maximum atomic E-state index is 13.4. The number of ether oxygens (including phenoxy) is 2. The Labute approximate surface area is 423 Å². The van der Waals surface area contributed by atoms with Gasteiger partial charge >= 0.3 is 118 Å². The molecule has 0 amide bonds. The molecule has 1 heterocycles. The second kappa shape index (κ2) is 21.4. The summed E-state index contributed by atoms with van der Waals surface area (Å²) in [6.45, 7) is 1.08. The maximum Gasteiger partial charge on any atom is 1.00 e. The zero-order valence-corrected chi connectivity index (χ0v) is 43.3. The van der Waals surface area contributed by atoms with Crippen molar-refractivity contribution in [3.8, 4) is 17.2 Å². The summed E-state index contributed by atoms with van der Waals surface area (Å²) in [7, 11) is -19.2. The van der Waals surface area contributed by atoms with Gasteiger partial charge in [-0.2, -0.15) is 8.42 Å². The van der Waals surface area contributed by atoms with Crippen LogP contribution in [0.4, 0.5) is 27.9 Å². The molecule has 0 aliphatic rings. The number of fused-ring (bicyclic) bond motifs is 2. The van der Waals surface area contributed by atoms with Gasteiger partial charge in [0, 0.05) is 22.9 Å². The third-order valence-corrected chi connectivity index (χ3v) is 11.8. The molecule has 0 radical (unpaired) electrons. The molecule has 58 heavy (non-hydrogen) atoms. The van der Waals surface area contributed by atoms with Crippen molar-refractivity contribution in [3.63, 3.8) is 0 Å². The first-order valence-corrected chi connectivity index (χ1v) is 21.1. The minimum atomic E-state index is -5.59. The summed E-state index contributed by atoms with van der Waals surface area (Å²) in [4.78, 5) is 1.18. The van der Waals surface area contributed by atoms with Crippen LogP contribution >= 0.6 is 11.3 Å². The Morgan fingerprint density at radius 2 is 1.43 bits per heavy atom. The van der Waals surface area contributed by atoms with Crippen molar-refractivity contribution >= 4 is 101 Å². The quantitative estimate of drug-likeness (QED) is 0.0364. The molecular formula is C28H22N6Na4O15S5. The average Bonchev–Trinajstić information content (AvgIpc) is 3.46. The van der Waals surface area contributed by atoms with Gasteiger partial charge in [-0.05, 0) is 54.6 Å². The van der Waals surface area contributed by atoms with Crippen LogP contribution in [0.25, 0.3) is 21.0 Å². The number of hydrogen-bond acceptors (Lipinski definition) is 21. The predicted octanol–water partition coefficient (Wildman–Crippen LogP) is -8.36. The van der Waals surface area contributed by atoms with Gasteiger partial charge in [0.2, 0.25) is 5.13 Å². The summed E-state index contributed by atoms with van der Waals surface area (Å²) < 4.78 is 150. The van der Waals surface area contributed by atoms with Crippen molar-refractivity contribution in [2.45, 2.75) is 28.0 Å². The van der Waals surface area contributed by atoms with E-state index in [-0.39, 0.29) is 168 Å². The fourth-order valence-corrected chi connectivity index (χ4v) is 8.83. The molecule has 0 saturated heterocycles. The van der Waals surface area contributed by atoms with E-state index in [0.29, 0.717) is 6.07 Å². The topological polar surface area (TPSA) is 356 Å². The van der Waals surface area contributed by atoms with Crippen LogP contribution in [0, 0.1) is 6.92 Å². The van der Waals surface area contributed by atoms with Crippen LogP contribution in [0.1, 0.15) is 12.0 Å². The monoisotopic (exact) mass is 934 g/mol. The zero-order chi connectivity index (χ0) is 40.0. The van der Waals surface area contributed by atoms with E-state index in [1.54, 1.807) is 0 Å². The number of nitrogen functional groups attached to an aromatic ring is 1. The Bertz CT molecular complexity index is 2880. The molecule has 3 N–H and O–H groups in total. The fourth-order valence-electron chi connectivity index (χ4n) is 4.93. The molecule has 0 unspecified atom stereocenters. The molecule has 4 aromatic carbocycles. The van der Waals surface area contributed by atoms with Crippen LogP contribution in [0.2, 0.25) is 0 Å². The number of thiazole rings is 1. The van der Waals surface area contributed by atoms with Gasteiger partial charge in [-0.3, -0.25) is 4.55 Å². The summed E-state index contributed by atoms with van der Waals surface area (Å²) in [5, 5.41) is 27.7. The Kier molecular flexibility index (Phi) is 20.4. The molecule has 0 aliphatic heterocycles. The Morgan fingerprint density at radius 1 is 0.793 bits per heavy atom. The van der Waals surface area contributed by atoms with Crippen molar-refractivity contribution in [2.75, 3.05) is 25.2 Å². The van der Waals surface area contributed by atoms with Gasteiger partial charge in [-0.1, -0.05) is 23.2 Å². The number of rotatable bonds is 13. The second-order valence-corrected chi connectivity index (χ2v) is 17.5. The first-order chi connectivity index (χ1) is 25.0. The number of anilines is 1. The molecule has 0 atom stereocenters. The number of nitrogens with zero attached hydrogens (tertiary/aromatic N) is 5. The normalized spacial score (nSPS) is 12.2. The molecule has 288 valence electrons. The second-order valence-electron chi connectivity index (χ2n) is 10.9. The zero-order valence-electron chi connectivity index (χ0n) is 31.2. The van der Waals surface area contributed by atoms with Crippen molar-refractivity contribution in [3.05, 3.63) is 48.0 Å². The largest absolute Gasteiger partial charge is 1.00 e. The van der Waals surface area contributed by atoms with Gasteiger partial charge in [0.05, 0.1) is 55.2 Å². The Morgan fingerprint density at radius 3 is 2.00 bits per heavy atom. The number of hydrogen-bond donors (Lipinski definition) is 2. The molecule has 21 nitrogen and oxygen atoms in total. The predicted molar refractivity (Wildman–Crippen MR) is 184 cm³/mol. The van der Waals surface area contributed by atoms with Gasteiger partial charge in [-0.15, -0.1) is 20.5 Å². The summed E-state index contributed by atoms with van der Waals surface area (Å²) >= 11 is 0.742. The van der Waals surface area contributed by atoms with E-state index in [9.17, 15) is 57.0 Å². The van der Waals surface area contributed by atoms with E-state index >= 15 is 0 Å². The van der Waals surface area contributed by atoms with Crippen LogP contribution in [-0.2, 0) is 40.5 Å². The van der Waals surface area contributed by atoms with Crippen LogP contribution < -0.4 is 139 Å². The molecule has 0 aliphatic carbocycles. The van der Waals surface area contributed by atoms with Crippen molar-refractivity contribution in [2.24, 2.45) is 20.5 Å². The summed E-state index contributed by atoms with van der Waals surface area (Å²) in [6, 6.07) is 7.50. The van der Waals surface area contributed by atoms with Crippen molar-refractivity contribution in [1.29, 1.82) is 0 Å². The van der Waals surface area contributed by atoms with Crippen LogP contribution in [0.3, 0.4) is 0 Å². The van der Waals surface area contributed by atoms with E-state index in [4.69, 9.17) is 15.2 Å². The minimum absolute atomic E-state index is 0. The number of benzene rings is 4. The van der Waals surface area contributed by atoms with Gasteiger partial charge in [0.15, 0.2) is 4.90 Å². The molecule has 5 rings (SSSR count). The minimum Gasteiger partial charge on any atom is -0.871 e. The summed E-state index contributed by atoms with van der Waals surface area (Å²) in [5.74, 6) is -2.52. The SMILES string of the molecule is COc1ccc2nc(N=Nc3cc(OCCCS(=O)(=O)[O-])c(N=Nc4c(S(=O)(=O)[O-])cc5c(S(=O)(=O)[O-])c(N)ccc5c4[O-])cc3C)sc2c1S(=O)(=O)O.[Na+].[Na+].[Na+].[Na+].